The zero-order chi connectivity index (χ0) is 21.1. The monoisotopic (exact) mass is 408 g/mol. The lowest BCUT2D eigenvalue weighted by atomic mass is 9.96. The van der Waals surface area contributed by atoms with E-state index in [1.165, 1.54) is 12.1 Å². The zero-order valence-corrected chi connectivity index (χ0v) is 17.7. The van der Waals surface area contributed by atoms with Gasteiger partial charge in [-0.05, 0) is 80.6 Å². The Balaban J connectivity index is 1.32. The molecule has 2 heterocycles. The van der Waals surface area contributed by atoms with E-state index in [0.29, 0.717) is 11.5 Å². The van der Waals surface area contributed by atoms with Crippen molar-refractivity contribution in [1.82, 2.24) is 9.80 Å². The summed E-state index contributed by atoms with van der Waals surface area (Å²) in [6, 6.07) is 14.4. The molecule has 1 aromatic heterocycles. The number of furan rings is 1. The standard InChI is InChI=1S/C25H29FN2O2/c1-18-14-22-15-21(7-10-24(22)30-18)25(29)27(2)16-20-4-3-12-28(17-20)13-11-19-5-8-23(26)9-6-19/h5-10,14-15,20H,3-4,11-13,16-17H2,1-2H3/t20-/m0/s1. The highest BCUT2D eigenvalue weighted by atomic mass is 19.1. The number of carbonyl (C=O) groups is 1. The Morgan fingerprint density at radius 3 is 2.80 bits per heavy atom. The van der Waals surface area contributed by atoms with Gasteiger partial charge in [0.15, 0.2) is 0 Å². The smallest absolute Gasteiger partial charge is 0.253 e. The molecule has 0 bridgehead atoms. The molecule has 0 N–H and O–H groups in total. The van der Waals surface area contributed by atoms with E-state index in [0.717, 1.165) is 67.7 Å². The Morgan fingerprint density at radius 2 is 2.00 bits per heavy atom. The van der Waals surface area contributed by atoms with E-state index in [1.807, 2.05) is 55.3 Å². The van der Waals surface area contributed by atoms with E-state index in [1.54, 1.807) is 0 Å². The van der Waals surface area contributed by atoms with Crippen molar-refractivity contribution in [3.63, 3.8) is 0 Å². The molecule has 0 aliphatic carbocycles. The van der Waals surface area contributed by atoms with Gasteiger partial charge in [0, 0.05) is 37.6 Å². The van der Waals surface area contributed by atoms with E-state index < -0.39 is 0 Å². The molecule has 3 aromatic rings. The van der Waals surface area contributed by atoms with Crippen LogP contribution >= 0.6 is 0 Å². The van der Waals surface area contributed by atoms with Crippen LogP contribution in [0.25, 0.3) is 11.0 Å². The number of hydrogen-bond acceptors (Lipinski definition) is 3. The average Bonchev–Trinajstić information content (AvgIpc) is 3.12. The molecule has 4 nitrogen and oxygen atoms in total. The lowest BCUT2D eigenvalue weighted by molar-refractivity contribution is 0.0730. The van der Waals surface area contributed by atoms with Gasteiger partial charge >= 0.3 is 0 Å². The summed E-state index contributed by atoms with van der Waals surface area (Å²) in [5, 5.41) is 0.969. The van der Waals surface area contributed by atoms with Gasteiger partial charge < -0.3 is 14.2 Å². The van der Waals surface area contributed by atoms with Crippen molar-refractivity contribution >= 4 is 16.9 Å². The van der Waals surface area contributed by atoms with Gasteiger partial charge in [0.1, 0.15) is 17.2 Å². The average molecular weight is 409 g/mol. The van der Waals surface area contributed by atoms with Gasteiger partial charge in [-0.2, -0.15) is 0 Å². The summed E-state index contributed by atoms with van der Waals surface area (Å²) in [4.78, 5) is 17.3. The van der Waals surface area contributed by atoms with E-state index in [2.05, 4.69) is 4.90 Å². The lowest BCUT2D eigenvalue weighted by Gasteiger charge is -2.34. The maximum absolute atomic E-state index is 13.1. The van der Waals surface area contributed by atoms with Crippen LogP contribution in [-0.2, 0) is 6.42 Å². The lowest BCUT2D eigenvalue weighted by Crippen LogP contribution is -2.42. The van der Waals surface area contributed by atoms with Crippen LogP contribution in [0.2, 0.25) is 0 Å². The van der Waals surface area contributed by atoms with Crippen LogP contribution in [0, 0.1) is 18.7 Å². The predicted molar refractivity (Wildman–Crippen MR) is 117 cm³/mol. The predicted octanol–water partition coefficient (Wildman–Crippen LogP) is 4.91. The summed E-state index contributed by atoms with van der Waals surface area (Å²) in [6.07, 6.45) is 3.22. The van der Waals surface area contributed by atoms with Gasteiger partial charge in [0.05, 0.1) is 0 Å². The fraction of sp³-hybridized carbons (Fsp3) is 0.400. The van der Waals surface area contributed by atoms with Crippen molar-refractivity contribution in [2.24, 2.45) is 5.92 Å². The SMILES string of the molecule is Cc1cc2cc(C(=O)N(C)C[C@@H]3CCCN(CCc4ccc(F)cc4)C3)ccc2o1. The van der Waals surface area contributed by atoms with Gasteiger partial charge in [-0.3, -0.25) is 4.79 Å². The maximum Gasteiger partial charge on any atom is 0.253 e. The Bertz CT molecular complexity index is 1010. The third-order valence-corrected chi connectivity index (χ3v) is 6.00. The molecule has 0 spiro atoms. The summed E-state index contributed by atoms with van der Waals surface area (Å²) < 4.78 is 18.7. The van der Waals surface area contributed by atoms with Gasteiger partial charge in [-0.15, -0.1) is 0 Å². The second-order valence-corrected chi connectivity index (χ2v) is 8.48. The highest BCUT2D eigenvalue weighted by Gasteiger charge is 2.23. The Labute approximate surface area is 177 Å². The molecule has 0 radical (unpaired) electrons. The number of nitrogens with zero attached hydrogens (tertiary/aromatic N) is 2. The molecule has 5 heteroatoms. The van der Waals surface area contributed by atoms with Crippen LogP contribution in [0.15, 0.2) is 52.9 Å². The second kappa shape index (κ2) is 9.00. The summed E-state index contributed by atoms with van der Waals surface area (Å²) in [5.41, 5.74) is 2.68. The van der Waals surface area contributed by atoms with Crippen molar-refractivity contribution in [2.75, 3.05) is 33.2 Å². The van der Waals surface area contributed by atoms with Crippen LogP contribution in [0.4, 0.5) is 4.39 Å². The van der Waals surface area contributed by atoms with Crippen LogP contribution in [0.1, 0.15) is 34.5 Å². The van der Waals surface area contributed by atoms with Crippen molar-refractivity contribution in [3.05, 3.63) is 71.2 Å². The molecular weight excluding hydrogens is 379 g/mol. The van der Waals surface area contributed by atoms with Gasteiger partial charge in [-0.25, -0.2) is 4.39 Å². The molecule has 1 atom stereocenters. The number of piperidine rings is 1. The molecule has 0 saturated carbocycles. The third kappa shape index (κ3) is 4.90. The van der Waals surface area contributed by atoms with Crippen LogP contribution in [-0.4, -0.2) is 48.9 Å². The van der Waals surface area contributed by atoms with E-state index in [4.69, 9.17) is 4.42 Å². The maximum atomic E-state index is 13.1. The normalized spacial score (nSPS) is 17.4. The van der Waals surface area contributed by atoms with Crippen molar-refractivity contribution in [2.45, 2.75) is 26.2 Å². The minimum absolute atomic E-state index is 0.0548. The first-order chi connectivity index (χ1) is 14.5. The summed E-state index contributed by atoms with van der Waals surface area (Å²) in [7, 11) is 1.89. The molecule has 0 unspecified atom stereocenters. The largest absolute Gasteiger partial charge is 0.461 e. The van der Waals surface area contributed by atoms with Gasteiger partial charge in [0.2, 0.25) is 0 Å². The number of rotatable bonds is 6. The van der Waals surface area contributed by atoms with Gasteiger partial charge in [-0.1, -0.05) is 12.1 Å². The molecule has 4 rings (SSSR count). The number of carbonyl (C=O) groups excluding carboxylic acids is 1. The highest BCUT2D eigenvalue weighted by Crippen LogP contribution is 2.22. The molecule has 1 aliphatic rings. The van der Waals surface area contributed by atoms with Gasteiger partial charge in [0.25, 0.3) is 5.91 Å². The molecule has 1 amide bonds. The van der Waals surface area contributed by atoms with Crippen LogP contribution in [0.3, 0.4) is 0 Å². The number of fused-ring (bicyclic) bond motifs is 1. The molecule has 1 aliphatic heterocycles. The molecule has 2 aromatic carbocycles. The molecular formula is C25H29FN2O2. The third-order valence-electron chi connectivity index (χ3n) is 6.00. The quantitative estimate of drug-likeness (QED) is 0.582. The topological polar surface area (TPSA) is 36.7 Å². The molecule has 30 heavy (non-hydrogen) atoms. The minimum Gasteiger partial charge on any atom is -0.461 e. The fourth-order valence-electron chi connectivity index (χ4n) is 4.44. The minimum atomic E-state index is -0.188. The van der Waals surface area contributed by atoms with E-state index in [-0.39, 0.29) is 11.7 Å². The summed E-state index contributed by atoms with van der Waals surface area (Å²) in [5.74, 6) is 1.19. The first-order valence-electron chi connectivity index (χ1n) is 10.7. The Morgan fingerprint density at radius 1 is 1.20 bits per heavy atom. The number of likely N-dealkylation sites (tertiary alicyclic amines) is 1. The molecule has 158 valence electrons. The van der Waals surface area contributed by atoms with E-state index in [9.17, 15) is 9.18 Å². The highest BCUT2D eigenvalue weighted by molar-refractivity contribution is 5.97. The first-order valence-corrected chi connectivity index (χ1v) is 10.7. The van der Waals surface area contributed by atoms with Crippen LogP contribution < -0.4 is 0 Å². The Hall–Kier alpha value is -2.66. The first kappa shape index (κ1) is 20.6. The summed E-state index contributed by atoms with van der Waals surface area (Å²) >= 11 is 0. The fourth-order valence-corrected chi connectivity index (χ4v) is 4.44. The number of halogens is 1. The van der Waals surface area contributed by atoms with Crippen molar-refractivity contribution in [3.8, 4) is 0 Å². The number of amides is 1. The number of benzene rings is 2. The van der Waals surface area contributed by atoms with Crippen molar-refractivity contribution < 1.29 is 13.6 Å². The van der Waals surface area contributed by atoms with E-state index >= 15 is 0 Å². The molecule has 1 saturated heterocycles. The number of hydrogen-bond donors (Lipinski definition) is 0. The number of aryl methyl sites for hydroxylation is 1. The Kier molecular flexibility index (Phi) is 6.18. The van der Waals surface area contributed by atoms with Crippen LogP contribution in [0.5, 0.6) is 0 Å². The van der Waals surface area contributed by atoms with Crippen molar-refractivity contribution in [1.29, 1.82) is 0 Å². The molecule has 1 fully saturated rings. The second-order valence-electron chi connectivity index (χ2n) is 8.48. The zero-order valence-electron chi connectivity index (χ0n) is 17.7. The summed E-state index contributed by atoms with van der Waals surface area (Å²) in [6.45, 7) is 5.73.